The van der Waals surface area contributed by atoms with Crippen molar-refractivity contribution in [1.82, 2.24) is 0 Å². The maximum atomic E-state index is 11.5. The van der Waals surface area contributed by atoms with Crippen molar-refractivity contribution in [2.75, 3.05) is 6.61 Å². The number of aliphatic hydroxyl groups excluding tert-OH is 1. The lowest BCUT2D eigenvalue weighted by Gasteiger charge is -2.26. The van der Waals surface area contributed by atoms with Crippen molar-refractivity contribution in [1.29, 1.82) is 0 Å². The average molecular weight is 280 g/mol. The quantitative estimate of drug-likeness (QED) is 0.675. The van der Waals surface area contributed by atoms with Crippen LogP contribution in [0, 0.1) is 0 Å². The molecule has 1 unspecified atom stereocenters. The van der Waals surface area contributed by atoms with Crippen molar-refractivity contribution >= 4 is 6.16 Å². The van der Waals surface area contributed by atoms with Crippen LogP contribution in [0.3, 0.4) is 0 Å². The number of benzene rings is 1. The number of ether oxygens (including phenoxy) is 2. The van der Waals surface area contributed by atoms with Crippen LogP contribution >= 0.6 is 0 Å². The van der Waals surface area contributed by atoms with Gasteiger partial charge < -0.3 is 14.6 Å². The summed E-state index contributed by atoms with van der Waals surface area (Å²) in [4.78, 5) is 11.5. The number of hydrogen-bond acceptors (Lipinski definition) is 4. The molecule has 0 aliphatic carbocycles. The second-order valence-corrected chi connectivity index (χ2v) is 6.16. The number of carbonyl (C=O) groups is 1. The Balaban J connectivity index is 2.75. The highest BCUT2D eigenvalue weighted by Gasteiger charge is 2.24. The van der Waals surface area contributed by atoms with Crippen molar-refractivity contribution in [3.05, 3.63) is 29.8 Å². The Morgan fingerprint density at radius 1 is 1.15 bits per heavy atom. The first-order chi connectivity index (χ1) is 9.20. The molecule has 0 aliphatic rings. The number of hydrogen-bond donors (Lipinski definition) is 1. The highest BCUT2D eigenvalue weighted by atomic mass is 16.7. The SMILES string of the molecule is CCC(C)(CO)c1ccc(OC(=O)OC(C)(C)C)cc1. The van der Waals surface area contributed by atoms with Gasteiger partial charge in [0.2, 0.25) is 0 Å². The smallest absolute Gasteiger partial charge is 0.428 e. The molecule has 20 heavy (non-hydrogen) atoms. The fourth-order valence-electron chi connectivity index (χ4n) is 1.70. The first-order valence-electron chi connectivity index (χ1n) is 6.82. The van der Waals surface area contributed by atoms with Crippen molar-refractivity contribution in [2.24, 2.45) is 0 Å². The predicted molar refractivity (Wildman–Crippen MR) is 78.0 cm³/mol. The molecular formula is C16H24O4. The lowest BCUT2D eigenvalue weighted by Crippen LogP contribution is -2.26. The monoisotopic (exact) mass is 280 g/mol. The Labute approximate surface area is 120 Å². The summed E-state index contributed by atoms with van der Waals surface area (Å²) < 4.78 is 10.2. The third-order valence-corrected chi connectivity index (χ3v) is 3.27. The molecule has 0 bridgehead atoms. The maximum Gasteiger partial charge on any atom is 0.514 e. The van der Waals surface area contributed by atoms with E-state index in [-0.39, 0.29) is 12.0 Å². The zero-order valence-electron chi connectivity index (χ0n) is 12.9. The molecular weight excluding hydrogens is 256 g/mol. The van der Waals surface area contributed by atoms with Crippen LogP contribution in [0.2, 0.25) is 0 Å². The van der Waals surface area contributed by atoms with Gasteiger partial charge in [-0.25, -0.2) is 4.79 Å². The Hall–Kier alpha value is -1.55. The van der Waals surface area contributed by atoms with Crippen LogP contribution in [0.1, 0.15) is 46.6 Å². The van der Waals surface area contributed by atoms with E-state index < -0.39 is 11.8 Å². The summed E-state index contributed by atoms with van der Waals surface area (Å²) in [5.74, 6) is 0.430. The van der Waals surface area contributed by atoms with Gasteiger partial charge in [-0.3, -0.25) is 0 Å². The van der Waals surface area contributed by atoms with Crippen LogP contribution in [0.4, 0.5) is 4.79 Å². The summed E-state index contributed by atoms with van der Waals surface area (Å²) in [6, 6.07) is 7.14. The van der Waals surface area contributed by atoms with Crippen LogP contribution in [-0.4, -0.2) is 23.5 Å². The first kappa shape index (κ1) is 16.5. The molecule has 1 atom stereocenters. The van der Waals surface area contributed by atoms with E-state index in [1.54, 1.807) is 32.9 Å². The highest BCUT2D eigenvalue weighted by molar-refractivity contribution is 5.64. The maximum absolute atomic E-state index is 11.5. The molecule has 0 aromatic heterocycles. The van der Waals surface area contributed by atoms with Crippen molar-refractivity contribution in [3.63, 3.8) is 0 Å². The van der Waals surface area contributed by atoms with Gasteiger partial charge in [-0.05, 0) is 44.9 Å². The summed E-state index contributed by atoms with van der Waals surface area (Å²) in [5, 5.41) is 9.48. The fourth-order valence-corrected chi connectivity index (χ4v) is 1.70. The van der Waals surface area contributed by atoms with Crippen molar-refractivity contribution in [2.45, 2.75) is 52.1 Å². The largest absolute Gasteiger partial charge is 0.514 e. The average Bonchev–Trinajstić information content (AvgIpc) is 2.36. The molecule has 0 amide bonds. The first-order valence-corrected chi connectivity index (χ1v) is 6.82. The minimum absolute atomic E-state index is 0.0791. The minimum atomic E-state index is -0.717. The topological polar surface area (TPSA) is 55.8 Å². The fraction of sp³-hybridized carbons (Fsp3) is 0.562. The van der Waals surface area contributed by atoms with E-state index in [0.29, 0.717) is 5.75 Å². The molecule has 1 aromatic rings. The molecule has 0 saturated heterocycles. The number of rotatable bonds is 4. The zero-order valence-corrected chi connectivity index (χ0v) is 12.9. The van der Waals surface area contributed by atoms with Gasteiger partial charge in [0.05, 0.1) is 6.61 Å². The van der Waals surface area contributed by atoms with E-state index in [9.17, 15) is 9.90 Å². The molecule has 1 rings (SSSR count). The normalized spacial score (nSPS) is 14.5. The summed E-state index contributed by atoms with van der Waals surface area (Å²) >= 11 is 0. The van der Waals surface area contributed by atoms with Gasteiger partial charge in [0, 0.05) is 5.41 Å². The third kappa shape index (κ3) is 4.53. The second kappa shape index (κ2) is 6.27. The Morgan fingerprint density at radius 3 is 2.10 bits per heavy atom. The summed E-state index contributed by atoms with van der Waals surface area (Å²) in [6.07, 6.45) is 0.112. The lowest BCUT2D eigenvalue weighted by molar-refractivity contribution is 0.0206. The van der Waals surface area contributed by atoms with Crippen LogP contribution in [-0.2, 0) is 10.2 Å². The second-order valence-electron chi connectivity index (χ2n) is 6.16. The van der Waals surface area contributed by atoms with Crippen LogP contribution in [0.5, 0.6) is 5.75 Å². The van der Waals surface area contributed by atoms with Crippen molar-refractivity contribution in [3.8, 4) is 5.75 Å². The number of aliphatic hydroxyl groups is 1. The Kier molecular flexibility index (Phi) is 5.17. The highest BCUT2D eigenvalue weighted by Crippen LogP contribution is 2.28. The molecule has 0 radical (unpaired) electrons. The molecule has 4 nitrogen and oxygen atoms in total. The van der Waals surface area contributed by atoms with Gasteiger partial charge in [0.25, 0.3) is 0 Å². The third-order valence-electron chi connectivity index (χ3n) is 3.27. The van der Waals surface area contributed by atoms with E-state index in [0.717, 1.165) is 12.0 Å². The molecule has 4 heteroatoms. The molecule has 0 heterocycles. The molecule has 0 spiro atoms. The summed E-state index contributed by atoms with van der Waals surface area (Å²) in [7, 11) is 0. The summed E-state index contributed by atoms with van der Waals surface area (Å²) in [5.41, 5.74) is 0.165. The van der Waals surface area contributed by atoms with Gasteiger partial charge in [-0.15, -0.1) is 0 Å². The standard InChI is InChI=1S/C16H24O4/c1-6-16(5,11-17)12-7-9-13(10-8-12)19-14(18)20-15(2,3)4/h7-10,17H,6,11H2,1-5H3. The van der Waals surface area contributed by atoms with Gasteiger partial charge in [0.15, 0.2) is 0 Å². The zero-order chi connectivity index (χ0) is 15.4. The molecule has 1 aromatic carbocycles. The van der Waals surface area contributed by atoms with Crippen LogP contribution < -0.4 is 4.74 Å². The van der Waals surface area contributed by atoms with Gasteiger partial charge in [-0.2, -0.15) is 0 Å². The van der Waals surface area contributed by atoms with E-state index in [1.165, 1.54) is 0 Å². The summed E-state index contributed by atoms with van der Waals surface area (Å²) in [6.45, 7) is 9.45. The molecule has 0 fully saturated rings. The molecule has 1 N–H and O–H groups in total. The van der Waals surface area contributed by atoms with E-state index in [4.69, 9.17) is 9.47 Å². The minimum Gasteiger partial charge on any atom is -0.428 e. The van der Waals surface area contributed by atoms with Crippen LogP contribution in [0.25, 0.3) is 0 Å². The lowest BCUT2D eigenvalue weighted by atomic mass is 9.81. The van der Waals surface area contributed by atoms with E-state index >= 15 is 0 Å². The molecule has 112 valence electrons. The van der Waals surface area contributed by atoms with Gasteiger partial charge >= 0.3 is 6.16 Å². The van der Waals surface area contributed by atoms with Crippen LogP contribution in [0.15, 0.2) is 24.3 Å². The molecule has 0 aliphatic heterocycles. The van der Waals surface area contributed by atoms with Gasteiger partial charge in [-0.1, -0.05) is 26.0 Å². The Morgan fingerprint density at radius 2 is 1.70 bits per heavy atom. The van der Waals surface area contributed by atoms with E-state index in [2.05, 4.69) is 0 Å². The van der Waals surface area contributed by atoms with E-state index in [1.807, 2.05) is 26.0 Å². The van der Waals surface area contributed by atoms with Gasteiger partial charge in [0.1, 0.15) is 11.4 Å². The number of carbonyl (C=O) groups excluding carboxylic acids is 1. The van der Waals surface area contributed by atoms with Crippen molar-refractivity contribution < 1.29 is 19.4 Å². The Bertz CT molecular complexity index is 439. The predicted octanol–water partition coefficient (Wildman–Crippen LogP) is 3.66. The molecule has 0 saturated carbocycles.